The molecule has 1 N–H and O–H groups in total. The van der Waals surface area contributed by atoms with Gasteiger partial charge in [-0.15, -0.1) is 5.10 Å². The number of hydrogen-bond acceptors (Lipinski definition) is 3. The average molecular weight is 1100 g/mol. The van der Waals surface area contributed by atoms with E-state index in [2.05, 4.69) is 10.3 Å². The van der Waals surface area contributed by atoms with E-state index in [4.69, 9.17) is 0 Å². The molecule has 0 spiro atoms. The first-order valence-corrected chi connectivity index (χ1v) is 16.7. The second-order valence-electron chi connectivity index (χ2n) is 14.1. The summed E-state index contributed by atoms with van der Waals surface area (Å²) < 4.78 is 476. The van der Waals surface area contributed by atoms with Crippen molar-refractivity contribution < 1.29 is 154 Å². The zero-order valence-corrected chi connectivity index (χ0v) is 31.6. The first kappa shape index (κ1) is 59.5. The number of aromatic nitrogens is 3. The molecular weight excluding hydrogens is 1090 g/mol. The lowest BCUT2D eigenvalue weighted by atomic mass is 9.84. The molecule has 1 aromatic heterocycles. The maximum atomic E-state index is 15.4. The molecule has 0 fully saturated rings. The van der Waals surface area contributed by atoms with Gasteiger partial charge in [0.25, 0.3) is 0 Å². The smallest absolute Gasteiger partial charge is 0.382 e. The van der Waals surface area contributed by atoms with Gasteiger partial charge in [-0.1, -0.05) is 35.5 Å². The SMILES string of the molecule is OC(c1ccccc1)c1cn(Cc2cc(C(F)(F)C(F)(F)C(F)(F)C(F)(F)C(F)(F)C(F)(F)C(F)(F)C(F)(F)F)cc(C(F)(F)C(F)(F)C(F)(F)C(F)(F)C(F)(F)C(F)(F)C(F)(F)C(F)(F)F)c2)nn1. The van der Waals surface area contributed by atoms with Crippen LogP contribution in [0.5, 0.6) is 0 Å². The molecular formula is C32H13F34N3O. The Morgan fingerprint density at radius 2 is 0.671 bits per heavy atom. The Hall–Kier alpha value is -4.84. The third-order valence-corrected chi connectivity index (χ3v) is 9.46. The number of benzene rings is 2. The first-order chi connectivity index (χ1) is 30.5. The van der Waals surface area contributed by atoms with E-state index in [1.165, 1.54) is 18.2 Å². The van der Waals surface area contributed by atoms with Gasteiger partial charge in [0, 0.05) is 11.1 Å². The highest BCUT2D eigenvalue weighted by Gasteiger charge is 2.97. The highest BCUT2D eigenvalue weighted by atomic mass is 19.4. The minimum absolute atomic E-state index is 0.171. The van der Waals surface area contributed by atoms with Crippen LogP contribution in [0.1, 0.15) is 34.1 Å². The van der Waals surface area contributed by atoms with Crippen molar-refractivity contribution >= 4 is 0 Å². The minimum atomic E-state index is -9.44. The fraction of sp³-hybridized carbons (Fsp3) is 0.562. The van der Waals surface area contributed by atoms with Crippen LogP contribution in [0.25, 0.3) is 0 Å². The van der Waals surface area contributed by atoms with Crippen LogP contribution < -0.4 is 0 Å². The van der Waals surface area contributed by atoms with Crippen molar-refractivity contribution in [3.05, 3.63) is 82.7 Å². The van der Waals surface area contributed by atoms with Gasteiger partial charge in [0.15, 0.2) is 0 Å². The van der Waals surface area contributed by atoms with Crippen molar-refractivity contribution in [2.24, 2.45) is 0 Å². The van der Waals surface area contributed by atoms with Crippen molar-refractivity contribution in [2.45, 2.75) is 108 Å². The number of rotatable bonds is 18. The summed E-state index contributed by atoms with van der Waals surface area (Å²) in [5, 5.41) is 16.5. The fourth-order valence-corrected chi connectivity index (χ4v) is 5.35. The number of hydrogen-bond donors (Lipinski definition) is 1. The summed E-state index contributed by atoms with van der Waals surface area (Å²) in [6.45, 7) is -2.11. The van der Waals surface area contributed by atoms with E-state index < -0.39 is 149 Å². The monoisotopic (exact) mass is 1100 g/mol. The van der Waals surface area contributed by atoms with E-state index in [0.29, 0.717) is 0 Å². The summed E-state index contributed by atoms with van der Waals surface area (Å²) >= 11 is 0. The lowest BCUT2D eigenvalue weighted by Gasteiger charge is -2.43. The summed E-state index contributed by atoms with van der Waals surface area (Å²) in [4.78, 5) is 0. The maximum Gasteiger partial charge on any atom is 0.460 e. The number of halogens is 34. The summed E-state index contributed by atoms with van der Waals surface area (Å²) in [7, 11) is 0. The van der Waals surface area contributed by atoms with Crippen LogP contribution in [0.15, 0.2) is 54.7 Å². The van der Waals surface area contributed by atoms with Crippen LogP contribution in [0.2, 0.25) is 0 Å². The molecule has 0 saturated heterocycles. The molecule has 0 aliphatic rings. The van der Waals surface area contributed by atoms with Crippen LogP contribution in [0, 0.1) is 0 Å². The lowest BCUT2D eigenvalue weighted by Crippen LogP contribution is -2.74. The van der Waals surface area contributed by atoms with Gasteiger partial charge in [0.2, 0.25) is 0 Å². The maximum absolute atomic E-state index is 15.4. The molecule has 3 rings (SSSR count). The molecule has 0 aliphatic carbocycles. The predicted octanol–water partition coefficient (Wildman–Crippen LogP) is 13.3. The lowest BCUT2D eigenvalue weighted by molar-refractivity contribution is -0.463. The topological polar surface area (TPSA) is 50.9 Å². The molecule has 0 amide bonds. The van der Waals surface area contributed by atoms with Crippen molar-refractivity contribution in [1.29, 1.82) is 0 Å². The van der Waals surface area contributed by atoms with Crippen LogP contribution >= 0.6 is 0 Å². The van der Waals surface area contributed by atoms with Crippen LogP contribution in [0.3, 0.4) is 0 Å². The van der Waals surface area contributed by atoms with E-state index in [9.17, 15) is 137 Å². The summed E-state index contributed by atoms with van der Waals surface area (Å²) in [6.07, 6.45) is -18.3. The second kappa shape index (κ2) is 16.6. The van der Waals surface area contributed by atoms with Crippen molar-refractivity contribution in [1.82, 2.24) is 15.0 Å². The van der Waals surface area contributed by atoms with Crippen LogP contribution in [-0.4, -0.2) is 104 Å². The van der Waals surface area contributed by atoms with Gasteiger partial charge in [-0.2, -0.15) is 149 Å². The Morgan fingerprint density at radius 3 is 0.971 bits per heavy atom. The quantitative estimate of drug-likeness (QED) is 0.129. The molecule has 0 saturated carbocycles. The number of aliphatic hydroxyl groups is 1. The fourth-order valence-electron chi connectivity index (χ4n) is 5.35. The third kappa shape index (κ3) is 8.05. The molecule has 0 bridgehead atoms. The second-order valence-corrected chi connectivity index (χ2v) is 14.1. The zero-order valence-electron chi connectivity index (χ0n) is 31.6. The van der Waals surface area contributed by atoms with Crippen molar-refractivity contribution in [3.63, 3.8) is 0 Å². The number of aliphatic hydroxyl groups excluding tert-OH is 1. The Balaban J connectivity index is 2.42. The molecule has 70 heavy (non-hydrogen) atoms. The predicted molar refractivity (Wildman–Crippen MR) is 155 cm³/mol. The Kier molecular flexibility index (Phi) is 14.1. The summed E-state index contributed by atoms with van der Waals surface area (Å²) in [6, 6.07) is 0.992. The van der Waals surface area contributed by atoms with Crippen molar-refractivity contribution in [3.8, 4) is 0 Å². The third-order valence-electron chi connectivity index (χ3n) is 9.46. The van der Waals surface area contributed by atoms with E-state index in [1.54, 1.807) is 0 Å². The van der Waals surface area contributed by atoms with Gasteiger partial charge in [0.05, 0.1) is 12.7 Å². The van der Waals surface area contributed by atoms with Gasteiger partial charge < -0.3 is 5.11 Å². The number of nitrogens with zero attached hydrogens (tertiary/aromatic N) is 3. The highest BCUT2D eigenvalue weighted by Crippen LogP contribution is 2.67. The first-order valence-electron chi connectivity index (χ1n) is 16.7. The van der Waals surface area contributed by atoms with E-state index >= 15 is 17.6 Å². The molecule has 400 valence electrons. The molecule has 3 aromatic rings. The molecule has 0 aliphatic heterocycles. The van der Waals surface area contributed by atoms with Gasteiger partial charge in [0.1, 0.15) is 11.8 Å². The van der Waals surface area contributed by atoms with Gasteiger partial charge in [-0.05, 0) is 29.3 Å². The molecule has 0 radical (unpaired) electrons. The van der Waals surface area contributed by atoms with Crippen LogP contribution in [0.4, 0.5) is 149 Å². The van der Waals surface area contributed by atoms with Gasteiger partial charge >= 0.3 is 95.3 Å². The molecule has 2 aromatic carbocycles. The Labute approximate surface area is 360 Å². The largest absolute Gasteiger partial charge is 0.460 e. The molecule has 1 atom stereocenters. The standard InChI is InChI=1S/C32H13F34N3O/c33-17(34,19(37,38)21(41,42)23(45,46)25(49,50)27(53,54)29(57,58)31(61,62)63)13-6-11(9-69-10-15(67-68-69)16(70)12-4-2-1-3-5-12)7-14(8-13)18(35,36)20(39,40)22(43,44)24(47,48)26(51,52)28(55,56)30(59,60)32(64,65)66/h1-8,10,16,70H,9H2. The summed E-state index contributed by atoms with van der Waals surface area (Å²) in [5.74, 6) is -126. The number of alkyl halides is 34. The van der Waals surface area contributed by atoms with E-state index in [-0.39, 0.29) is 16.4 Å². The van der Waals surface area contributed by atoms with Gasteiger partial charge in [-0.3, -0.25) is 0 Å². The molecule has 4 nitrogen and oxygen atoms in total. The Morgan fingerprint density at radius 1 is 0.386 bits per heavy atom. The van der Waals surface area contributed by atoms with Crippen molar-refractivity contribution in [2.75, 3.05) is 0 Å². The Bertz CT molecular complexity index is 2230. The molecule has 1 unspecified atom stereocenters. The molecule has 1 heterocycles. The summed E-state index contributed by atoms with van der Waals surface area (Å²) in [5.41, 5.74) is -11.4. The van der Waals surface area contributed by atoms with E-state index in [0.717, 1.165) is 12.1 Å². The van der Waals surface area contributed by atoms with Crippen LogP contribution in [-0.2, 0) is 18.4 Å². The minimum Gasteiger partial charge on any atom is -0.382 e. The van der Waals surface area contributed by atoms with E-state index in [1.807, 2.05) is 0 Å². The normalized spacial score (nSPS) is 16.2. The van der Waals surface area contributed by atoms with Gasteiger partial charge in [-0.25, -0.2) is 4.68 Å². The average Bonchev–Trinajstić information content (AvgIpc) is 3.67. The highest BCUT2D eigenvalue weighted by molar-refractivity contribution is 5.39. The zero-order chi connectivity index (χ0) is 55.5. The molecule has 38 heteroatoms.